The van der Waals surface area contributed by atoms with Crippen molar-refractivity contribution in [3.63, 3.8) is 0 Å². The van der Waals surface area contributed by atoms with E-state index in [9.17, 15) is 4.79 Å². The number of nitrogens with zero attached hydrogens (tertiary/aromatic N) is 1. The number of amides is 1. The molecule has 0 saturated carbocycles. The van der Waals surface area contributed by atoms with E-state index in [1.165, 1.54) is 0 Å². The summed E-state index contributed by atoms with van der Waals surface area (Å²) < 4.78 is 5.86. The number of benzene rings is 2. The van der Waals surface area contributed by atoms with Crippen LogP contribution in [0.15, 0.2) is 59.6 Å². The Kier molecular flexibility index (Phi) is 7.87. The third-order valence-corrected chi connectivity index (χ3v) is 3.86. The van der Waals surface area contributed by atoms with Crippen LogP contribution in [0.4, 0.5) is 0 Å². The summed E-state index contributed by atoms with van der Waals surface area (Å²) in [4.78, 5) is 16.1. The summed E-state index contributed by atoms with van der Waals surface area (Å²) >= 11 is 0. The van der Waals surface area contributed by atoms with Crippen LogP contribution in [0, 0.1) is 0 Å². The fourth-order valence-corrected chi connectivity index (χ4v) is 2.57. The number of guanidine groups is 1. The maximum absolute atomic E-state index is 12.0. The summed E-state index contributed by atoms with van der Waals surface area (Å²) in [5.41, 5.74) is 1.95. The van der Waals surface area contributed by atoms with Crippen LogP contribution in [0.3, 0.4) is 0 Å². The molecule has 2 rings (SSSR count). The minimum atomic E-state index is -0.257. The highest BCUT2D eigenvalue weighted by Crippen LogP contribution is 2.14. The van der Waals surface area contributed by atoms with Gasteiger partial charge in [-0.05, 0) is 44.0 Å². The number of hydrogen-bond donors (Lipinski definition) is 3. The number of carbonyl (C=O) groups is 1. The molecule has 6 nitrogen and oxygen atoms in total. The summed E-state index contributed by atoms with van der Waals surface area (Å²) in [6, 6.07) is 17.8. The molecule has 2 aromatic rings. The van der Waals surface area contributed by atoms with Crippen LogP contribution in [0.25, 0.3) is 0 Å². The number of rotatable bonds is 7. The largest absolute Gasteiger partial charge is 0.489 e. The van der Waals surface area contributed by atoms with E-state index in [0.29, 0.717) is 19.1 Å². The molecule has 0 aliphatic rings. The highest BCUT2D eigenvalue weighted by atomic mass is 16.5. The molecule has 0 aliphatic heterocycles. The second-order valence-electron chi connectivity index (χ2n) is 7.45. The van der Waals surface area contributed by atoms with Gasteiger partial charge >= 0.3 is 0 Å². The SMILES string of the molecule is CN=C(NCC(=O)NC(C)(C)C)NCc1ccccc1COc1ccccc1. The molecule has 150 valence electrons. The van der Waals surface area contributed by atoms with Gasteiger partial charge in [0.15, 0.2) is 5.96 Å². The van der Waals surface area contributed by atoms with E-state index in [4.69, 9.17) is 4.74 Å². The molecule has 2 aromatic carbocycles. The Balaban J connectivity index is 1.88. The molecule has 0 aliphatic carbocycles. The van der Waals surface area contributed by atoms with Gasteiger partial charge in [-0.3, -0.25) is 9.79 Å². The van der Waals surface area contributed by atoms with Crippen molar-refractivity contribution in [2.75, 3.05) is 13.6 Å². The first-order valence-corrected chi connectivity index (χ1v) is 9.37. The van der Waals surface area contributed by atoms with Crippen LogP contribution in [0.1, 0.15) is 31.9 Å². The molecular weight excluding hydrogens is 352 g/mol. The highest BCUT2D eigenvalue weighted by molar-refractivity contribution is 5.86. The molecule has 0 radical (unpaired) electrons. The van der Waals surface area contributed by atoms with Crippen molar-refractivity contribution in [2.24, 2.45) is 4.99 Å². The van der Waals surface area contributed by atoms with E-state index in [-0.39, 0.29) is 18.0 Å². The van der Waals surface area contributed by atoms with Crippen molar-refractivity contribution in [1.29, 1.82) is 0 Å². The minimum absolute atomic E-state index is 0.0767. The zero-order valence-corrected chi connectivity index (χ0v) is 17.1. The van der Waals surface area contributed by atoms with Crippen LogP contribution in [0.2, 0.25) is 0 Å². The van der Waals surface area contributed by atoms with Gasteiger partial charge in [-0.1, -0.05) is 42.5 Å². The van der Waals surface area contributed by atoms with Gasteiger partial charge in [0.1, 0.15) is 12.4 Å². The number of para-hydroxylation sites is 1. The first-order valence-electron chi connectivity index (χ1n) is 9.37. The van der Waals surface area contributed by atoms with Crippen LogP contribution in [0.5, 0.6) is 5.75 Å². The average molecular weight is 383 g/mol. The molecule has 3 N–H and O–H groups in total. The predicted molar refractivity (Wildman–Crippen MR) is 113 cm³/mol. The lowest BCUT2D eigenvalue weighted by Crippen LogP contribution is -2.48. The molecule has 0 atom stereocenters. The molecular formula is C22H30N4O2. The minimum Gasteiger partial charge on any atom is -0.489 e. The Morgan fingerprint density at radius 1 is 0.964 bits per heavy atom. The van der Waals surface area contributed by atoms with Crippen molar-refractivity contribution in [3.05, 3.63) is 65.7 Å². The van der Waals surface area contributed by atoms with E-state index < -0.39 is 0 Å². The monoisotopic (exact) mass is 382 g/mol. The normalized spacial score (nSPS) is 11.6. The molecule has 0 heterocycles. The maximum atomic E-state index is 12.0. The lowest BCUT2D eigenvalue weighted by Gasteiger charge is -2.21. The van der Waals surface area contributed by atoms with Crippen molar-refractivity contribution in [1.82, 2.24) is 16.0 Å². The third-order valence-electron chi connectivity index (χ3n) is 3.86. The summed E-state index contributed by atoms with van der Waals surface area (Å²) in [6.45, 7) is 7.08. The number of nitrogens with one attached hydrogen (secondary N) is 3. The van der Waals surface area contributed by atoms with Crippen LogP contribution >= 0.6 is 0 Å². The summed E-state index contributed by atoms with van der Waals surface area (Å²) in [6.07, 6.45) is 0. The van der Waals surface area contributed by atoms with E-state index in [2.05, 4.69) is 27.0 Å². The summed E-state index contributed by atoms with van der Waals surface area (Å²) in [5.74, 6) is 1.34. The van der Waals surface area contributed by atoms with Gasteiger partial charge in [-0.2, -0.15) is 0 Å². The first kappa shape index (κ1) is 21.3. The van der Waals surface area contributed by atoms with Crippen LogP contribution in [-0.2, 0) is 17.9 Å². The topological polar surface area (TPSA) is 74.8 Å². The molecule has 0 aromatic heterocycles. The molecule has 0 bridgehead atoms. The molecule has 1 amide bonds. The molecule has 6 heteroatoms. The average Bonchev–Trinajstić information content (AvgIpc) is 2.66. The highest BCUT2D eigenvalue weighted by Gasteiger charge is 2.13. The third kappa shape index (κ3) is 7.70. The number of carbonyl (C=O) groups excluding carboxylic acids is 1. The number of aliphatic imine (C=N–C) groups is 1. The Hall–Kier alpha value is -3.02. The Bertz CT molecular complexity index is 783. The molecule has 28 heavy (non-hydrogen) atoms. The van der Waals surface area contributed by atoms with Gasteiger partial charge < -0.3 is 20.7 Å². The van der Waals surface area contributed by atoms with Crippen molar-refractivity contribution in [2.45, 2.75) is 39.5 Å². The fraction of sp³-hybridized carbons (Fsp3) is 0.364. The Morgan fingerprint density at radius 2 is 1.61 bits per heavy atom. The van der Waals surface area contributed by atoms with E-state index >= 15 is 0 Å². The molecule has 0 fully saturated rings. The fourth-order valence-electron chi connectivity index (χ4n) is 2.57. The van der Waals surface area contributed by atoms with Gasteiger partial charge in [-0.25, -0.2) is 0 Å². The smallest absolute Gasteiger partial charge is 0.239 e. The lowest BCUT2D eigenvalue weighted by atomic mass is 10.1. The quantitative estimate of drug-likeness (QED) is 0.508. The Morgan fingerprint density at radius 3 is 2.25 bits per heavy atom. The predicted octanol–water partition coefficient (Wildman–Crippen LogP) is 2.85. The van der Waals surface area contributed by atoms with Crippen molar-refractivity contribution in [3.8, 4) is 5.75 Å². The van der Waals surface area contributed by atoms with Crippen LogP contribution < -0.4 is 20.7 Å². The van der Waals surface area contributed by atoms with Gasteiger partial charge in [0.05, 0.1) is 6.54 Å². The van der Waals surface area contributed by atoms with Gasteiger partial charge in [-0.15, -0.1) is 0 Å². The van der Waals surface area contributed by atoms with E-state index in [0.717, 1.165) is 16.9 Å². The van der Waals surface area contributed by atoms with Crippen LogP contribution in [-0.4, -0.2) is 31.0 Å². The zero-order chi connectivity index (χ0) is 20.4. The number of ether oxygens (including phenoxy) is 1. The second-order valence-corrected chi connectivity index (χ2v) is 7.45. The second kappa shape index (κ2) is 10.3. The summed E-state index contributed by atoms with van der Waals surface area (Å²) in [7, 11) is 1.68. The van der Waals surface area contributed by atoms with E-state index in [1.807, 2.05) is 69.3 Å². The van der Waals surface area contributed by atoms with Gasteiger partial charge in [0.25, 0.3) is 0 Å². The molecule has 0 unspecified atom stereocenters. The molecule has 0 saturated heterocycles. The lowest BCUT2D eigenvalue weighted by molar-refractivity contribution is -0.121. The van der Waals surface area contributed by atoms with E-state index in [1.54, 1.807) is 7.05 Å². The molecule has 0 spiro atoms. The Labute approximate surface area is 167 Å². The zero-order valence-electron chi connectivity index (χ0n) is 17.1. The first-order chi connectivity index (χ1) is 13.4. The standard InChI is InChI=1S/C22H30N4O2/c1-22(2,3)26-20(27)15-25-21(23-4)24-14-17-10-8-9-11-18(17)16-28-19-12-6-5-7-13-19/h5-13H,14-16H2,1-4H3,(H,26,27)(H2,23,24,25). The summed E-state index contributed by atoms with van der Waals surface area (Å²) in [5, 5.41) is 9.19. The van der Waals surface area contributed by atoms with Crippen molar-refractivity contribution < 1.29 is 9.53 Å². The maximum Gasteiger partial charge on any atom is 0.239 e. The van der Waals surface area contributed by atoms with Gasteiger partial charge in [0.2, 0.25) is 5.91 Å². The number of hydrogen-bond acceptors (Lipinski definition) is 3. The van der Waals surface area contributed by atoms with Crippen molar-refractivity contribution >= 4 is 11.9 Å². The van der Waals surface area contributed by atoms with Gasteiger partial charge in [0, 0.05) is 19.1 Å².